The molecule has 0 bridgehead atoms. The molecule has 7 nitrogen and oxygen atoms in total. The van der Waals surface area contributed by atoms with Crippen molar-refractivity contribution < 1.29 is 24.2 Å². The number of fused-ring (bicyclic) bond motifs is 3. The van der Waals surface area contributed by atoms with Gasteiger partial charge in [-0.1, -0.05) is 48.5 Å². The van der Waals surface area contributed by atoms with Gasteiger partial charge in [0.25, 0.3) is 0 Å². The van der Waals surface area contributed by atoms with E-state index < -0.39 is 17.9 Å². The van der Waals surface area contributed by atoms with Gasteiger partial charge in [0.1, 0.15) is 12.6 Å². The molecule has 0 spiro atoms. The zero-order chi connectivity index (χ0) is 19.8. The predicted molar refractivity (Wildman–Crippen MR) is 99.4 cm³/mol. The molecule has 0 saturated carbocycles. The minimum Gasteiger partial charge on any atom is -0.480 e. The van der Waals surface area contributed by atoms with Gasteiger partial charge in [-0.05, 0) is 28.7 Å². The topological polar surface area (TPSA) is 133 Å². The summed E-state index contributed by atoms with van der Waals surface area (Å²) in [4.78, 5) is 30.4. The first kappa shape index (κ1) is 20.1. The fourth-order valence-electron chi connectivity index (χ4n) is 2.98. The Bertz CT molecular complexity index is 776. The molecule has 2 aromatic carbocycles. The summed E-state index contributed by atoms with van der Waals surface area (Å²) in [5.74, 6) is -1.50. The Morgan fingerprint density at radius 3 is 2.04 bits per heavy atom. The average molecular weight is 369 g/mol. The van der Waals surface area contributed by atoms with E-state index >= 15 is 0 Å². The zero-order valence-corrected chi connectivity index (χ0v) is 14.6. The highest BCUT2D eigenvalue weighted by Gasteiger charge is 2.28. The van der Waals surface area contributed by atoms with Crippen LogP contribution in [0.2, 0.25) is 0 Å². The van der Waals surface area contributed by atoms with Crippen molar-refractivity contribution in [3.63, 3.8) is 0 Å². The quantitative estimate of drug-likeness (QED) is 0.678. The van der Waals surface area contributed by atoms with Gasteiger partial charge in [0.05, 0.1) is 0 Å². The summed E-state index contributed by atoms with van der Waals surface area (Å²) in [5, 5.41) is 8.22. The van der Waals surface area contributed by atoms with E-state index in [-0.39, 0.29) is 18.8 Å². The Labute approximate surface area is 156 Å². The summed E-state index contributed by atoms with van der Waals surface area (Å²) >= 11 is 0. The molecule has 5 N–H and O–H groups in total. The number of carboxylic acid groups (broad SMARTS) is 1. The van der Waals surface area contributed by atoms with E-state index in [2.05, 4.69) is 24.3 Å². The van der Waals surface area contributed by atoms with E-state index in [1.807, 2.05) is 24.3 Å². The number of ether oxygens (including phenoxy) is 1. The lowest BCUT2D eigenvalue weighted by Crippen LogP contribution is -2.31. The van der Waals surface area contributed by atoms with E-state index in [1.165, 1.54) is 28.7 Å². The number of benzene rings is 2. The minimum absolute atomic E-state index is 0.0213. The van der Waals surface area contributed by atoms with Crippen LogP contribution in [0.4, 0.5) is 0 Å². The average Bonchev–Trinajstić information content (AvgIpc) is 2.99. The smallest absolute Gasteiger partial charge is 0.417 e. The molecule has 0 heterocycles. The van der Waals surface area contributed by atoms with Crippen molar-refractivity contribution in [1.29, 1.82) is 0 Å². The number of amides is 1. The minimum atomic E-state index is -1.11. The SMILES string of the molecule is NC(=O)CC[C@H](N)C(=O)O.O=[C]OCC1c2ccccc2-c2ccccc21. The van der Waals surface area contributed by atoms with Crippen LogP contribution in [0.1, 0.15) is 29.9 Å². The van der Waals surface area contributed by atoms with Gasteiger partial charge >= 0.3 is 12.4 Å². The standard InChI is InChI=1S/C15H11O2.C5H10N2O3/c16-10-17-9-15-13-7-3-1-5-11(13)12-6-2-4-8-14(12)15;6-3(5(9)10)1-2-4(7)8/h1-8,15H,9H2;3H,1-2,6H2,(H2,7,8)(H,9,10)/t;3-/m.0/s1. The van der Waals surface area contributed by atoms with Crippen LogP contribution in [0.15, 0.2) is 48.5 Å². The molecule has 0 unspecified atom stereocenters. The predicted octanol–water partition coefficient (Wildman–Crippen LogP) is 1.55. The molecule has 1 aliphatic carbocycles. The molecule has 1 aliphatic rings. The molecule has 0 aliphatic heterocycles. The number of nitrogens with two attached hydrogens (primary N) is 2. The van der Waals surface area contributed by atoms with Crippen molar-refractivity contribution >= 4 is 18.3 Å². The summed E-state index contributed by atoms with van der Waals surface area (Å²) in [6.07, 6.45) is 0.123. The molecule has 1 amide bonds. The van der Waals surface area contributed by atoms with Crippen LogP contribution in [0.25, 0.3) is 11.1 Å². The maximum atomic E-state index is 10.2. The Kier molecular flexibility index (Phi) is 7.08. The zero-order valence-electron chi connectivity index (χ0n) is 14.6. The van der Waals surface area contributed by atoms with Crippen LogP contribution < -0.4 is 11.5 Å². The maximum Gasteiger partial charge on any atom is 0.417 e. The molecule has 0 saturated heterocycles. The van der Waals surface area contributed by atoms with Gasteiger partial charge in [-0.2, -0.15) is 0 Å². The Balaban J connectivity index is 0.000000227. The van der Waals surface area contributed by atoms with Crippen molar-refractivity contribution in [2.75, 3.05) is 6.61 Å². The number of carbonyl (C=O) groups is 2. The van der Waals surface area contributed by atoms with Crippen LogP contribution in [-0.4, -0.2) is 36.1 Å². The van der Waals surface area contributed by atoms with E-state index in [0.717, 1.165) is 0 Å². The van der Waals surface area contributed by atoms with Crippen molar-refractivity contribution in [3.05, 3.63) is 59.7 Å². The molecule has 1 atom stereocenters. The van der Waals surface area contributed by atoms with E-state index in [4.69, 9.17) is 21.3 Å². The first-order chi connectivity index (χ1) is 13.0. The molecule has 0 fully saturated rings. The third-order valence-corrected chi connectivity index (χ3v) is 4.29. The number of primary amides is 1. The summed E-state index contributed by atoms with van der Waals surface area (Å²) in [6.45, 7) is 1.86. The monoisotopic (exact) mass is 369 g/mol. The largest absolute Gasteiger partial charge is 0.480 e. The van der Waals surface area contributed by atoms with Gasteiger partial charge in [-0.3, -0.25) is 9.59 Å². The van der Waals surface area contributed by atoms with Crippen molar-refractivity contribution in [2.45, 2.75) is 24.8 Å². The number of hydrogen-bond donors (Lipinski definition) is 3. The molecule has 1 radical (unpaired) electrons. The summed E-state index contributed by atoms with van der Waals surface area (Å²) in [5.41, 5.74) is 14.7. The highest BCUT2D eigenvalue weighted by molar-refractivity contribution is 5.79. The Morgan fingerprint density at radius 2 is 1.59 bits per heavy atom. The molecular formula is C20H21N2O5. The van der Waals surface area contributed by atoms with E-state index in [9.17, 15) is 14.4 Å². The second-order valence-electron chi connectivity index (χ2n) is 6.07. The Hall–Kier alpha value is -3.19. The lowest BCUT2D eigenvalue weighted by atomic mass is 9.98. The molecule has 27 heavy (non-hydrogen) atoms. The van der Waals surface area contributed by atoms with Gasteiger partial charge in [0.15, 0.2) is 0 Å². The van der Waals surface area contributed by atoms with Gasteiger partial charge in [-0.15, -0.1) is 0 Å². The molecule has 3 rings (SSSR count). The number of carboxylic acids is 1. The van der Waals surface area contributed by atoms with Gasteiger partial charge in [-0.25, -0.2) is 4.79 Å². The first-order valence-electron chi connectivity index (χ1n) is 8.39. The summed E-state index contributed by atoms with van der Waals surface area (Å²) in [6, 6.07) is 15.5. The fourth-order valence-corrected chi connectivity index (χ4v) is 2.98. The normalized spacial score (nSPS) is 12.8. The summed E-state index contributed by atoms with van der Waals surface area (Å²) in [7, 11) is 0. The van der Waals surface area contributed by atoms with Crippen LogP contribution in [-0.2, 0) is 19.1 Å². The molecule has 7 heteroatoms. The van der Waals surface area contributed by atoms with Crippen LogP contribution in [0.5, 0.6) is 0 Å². The van der Waals surface area contributed by atoms with E-state index in [0.29, 0.717) is 6.61 Å². The molecule has 0 aromatic heterocycles. The highest BCUT2D eigenvalue weighted by atomic mass is 16.5. The first-order valence-corrected chi connectivity index (χ1v) is 8.39. The van der Waals surface area contributed by atoms with Crippen LogP contribution in [0.3, 0.4) is 0 Å². The third kappa shape index (κ3) is 5.15. The van der Waals surface area contributed by atoms with Crippen molar-refractivity contribution in [2.24, 2.45) is 11.5 Å². The molecule has 2 aromatic rings. The lowest BCUT2D eigenvalue weighted by Gasteiger charge is -2.11. The van der Waals surface area contributed by atoms with Crippen LogP contribution in [0, 0.1) is 0 Å². The third-order valence-electron chi connectivity index (χ3n) is 4.29. The van der Waals surface area contributed by atoms with Gasteiger partial charge in [0, 0.05) is 12.3 Å². The number of hydrogen-bond acceptors (Lipinski definition) is 5. The number of carbonyl (C=O) groups excluding carboxylic acids is 2. The highest BCUT2D eigenvalue weighted by Crippen LogP contribution is 2.44. The fraction of sp³-hybridized carbons (Fsp3) is 0.250. The number of aliphatic carboxylic acids is 1. The molecular weight excluding hydrogens is 348 g/mol. The second-order valence-corrected chi connectivity index (χ2v) is 6.07. The Morgan fingerprint density at radius 1 is 1.07 bits per heavy atom. The van der Waals surface area contributed by atoms with E-state index in [1.54, 1.807) is 0 Å². The lowest BCUT2D eigenvalue weighted by molar-refractivity contribution is -0.138. The second kappa shape index (κ2) is 9.49. The van der Waals surface area contributed by atoms with Crippen LogP contribution >= 0.6 is 0 Å². The van der Waals surface area contributed by atoms with Crippen molar-refractivity contribution in [1.82, 2.24) is 0 Å². The van der Waals surface area contributed by atoms with Crippen molar-refractivity contribution in [3.8, 4) is 11.1 Å². The molecule has 141 valence electrons. The van der Waals surface area contributed by atoms with Gasteiger partial charge < -0.3 is 21.3 Å². The van der Waals surface area contributed by atoms with Gasteiger partial charge in [0.2, 0.25) is 5.91 Å². The summed E-state index contributed by atoms with van der Waals surface area (Å²) < 4.78 is 4.83. The maximum absolute atomic E-state index is 10.2. The number of rotatable bonds is 7.